The highest BCUT2D eigenvalue weighted by Gasteiger charge is 2.06. The van der Waals surface area contributed by atoms with Crippen LogP contribution in [0.25, 0.3) is 22.0 Å². The Kier molecular flexibility index (Phi) is 4.56. The molecule has 3 aromatic carbocycles. The van der Waals surface area contributed by atoms with E-state index in [0.717, 1.165) is 22.0 Å². The number of hydrogen-bond donors (Lipinski definition) is 2. The summed E-state index contributed by atoms with van der Waals surface area (Å²) >= 11 is 7.38. The summed E-state index contributed by atoms with van der Waals surface area (Å²) in [5.74, 6) is 0.190. The minimum atomic E-state index is 0.190. The van der Waals surface area contributed by atoms with E-state index in [2.05, 4.69) is 15.5 Å². The topological polar surface area (TPSA) is 57.5 Å². The zero-order chi connectivity index (χ0) is 17.9. The van der Waals surface area contributed by atoms with Gasteiger partial charge in [0.05, 0.1) is 11.9 Å². The summed E-state index contributed by atoms with van der Waals surface area (Å²) in [7, 11) is 0. The lowest BCUT2D eigenvalue weighted by atomic mass is 10.0. The summed E-state index contributed by atoms with van der Waals surface area (Å²) in [5, 5.41) is 19.7. The maximum atomic E-state index is 10.1. The molecule has 0 radical (unpaired) electrons. The van der Waals surface area contributed by atoms with Crippen LogP contribution in [0.4, 0.5) is 5.13 Å². The first-order chi connectivity index (χ1) is 12.7. The fourth-order valence-corrected chi connectivity index (χ4v) is 3.44. The SMILES string of the molecule is Oc1ccc2ccccc2c1/C=N\Nc1nc(-c2ccc(Cl)cc2)cs1. The van der Waals surface area contributed by atoms with E-state index in [1.807, 2.05) is 60.0 Å². The largest absolute Gasteiger partial charge is 0.507 e. The van der Waals surface area contributed by atoms with Gasteiger partial charge in [0, 0.05) is 21.5 Å². The fraction of sp³-hybridized carbons (Fsp3) is 0. The van der Waals surface area contributed by atoms with Gasteiger partial charge in [0.1, 0.15) is 5.75 Å². The van der Waals surface area contributed by atoms with Crippen LogP contribution in [0.5, 0.6) is 5.75 Å². The van der Waals surface area contributed by atoms with Crippen molar-refractivity contribution in [1.29, 1.82) is 0 Å². The first-order valence-corrected chi connectivity index (χ1v) is 9.18. The van der Waals surface area contributed by atoms with Crippen LogP contribution in [0, 0.1) is 0 Å². The molecule has 6 heteroatoms. The van der Waals surface area contributed by atoms with Gasteiger partial charge < -0.3 is 5.11 Å². The molecule has 2 N–H and O–H groups in total. The van der Waals surface area contributed by atoms with Crippen molar-refractivity contribution in [2.75, 3.05) is 5.43 Å². The Morgan fingerprint density at radius 2 is 1.85 bits per heavy atom. The van der Waals surface area contributed by atoms with Gasteiger partial charge in [0.25, 0.3) is 0 Å². The molecule has 4 aromatic rings. The molecular formula is C20H14ClN3OS. The number of anilines is 1. The van der Waals surface area contributed by atoms with Crippen LogP contribution < -0.4 is 5.43 Å². The Morgan fingerprint density at radius 3 is 2.69 bits per heavy atom. The number of fused-ring (bicyclic) bond motifs is 1. The van der Waals surface area contributed by atoms with Crippen molar-refractivity contribution in [3.63, 3.8) is 0 Å². The number of hydrazone groups is 1. The van der Waals surface area contributed by atoms with Crippen LogP contribution in [0.2, 0.25) is 5.02 Å². The van der Waals surface area contributed by atoms with Crippen LogP contribution in [0.1, 0.15) is 5.56 Å². The molecule has 128 valence electrons. The number of rotatable bonds is 4. The number of aromatic nitrogens is 1. The normalized spacial score (nSPS) is 11.3. The Morgan fingerprint density at radius 1 is 1.04 bits per heavy atom. The van der Waals surface area contributed by atoms with Gasteiger partial charge >= 0.3 is 0 Å². The summed E-state index contributed by atoms with van der Waals surface area (Å²) in [4.78, 5) is 4.51. The lowest BCUT2D eigenvalue weighted by Gasteiger charge is -2.04. The van der Waals surface area contributed by atoms with Crippen molar-refractivity contribution in [2.24, 2.45) is 5.10 Å². The third-order valence-corrected chi connectivity index (χ3v) is 4.94. The molecule has 0 aliphatic heterocycles. The van der Waals surface area contributed by atoms with Crippen molar-refractivity contribution in [1.82, 2.24) is 4.98 Å². The van der Waals surface area contributed by atoms with Crippen molar-refractivity contribution < 1.29 is 5.11 Å². The maximum absolute atomic E-state index is 10.1. The summed E-state index contributed by atoms with van der Waals surface area (Å²) < 4.78 is 0. The third-order valence-electron chi connectivity index (χ3n) is 3.95. The number of thiazole rings is 1. The third kappa shape index (κ3) is 3.40. The van der Waals surface area contributed by atoms with E-state index in [-0.39, 0.29) is 5.75 Å². The summed E-state index contributed by atoms with van der Waals surface area (Å²) in [5.41, 5.74) is 5.45. The van der Waals surface area contributed by atoms with E-state index in [4.69, 9.17) is 11.6 Å². The smallest absolute Gasteiger partial charge is 0.203 e. The molecule has 4 rings (SSSR count). The molecule has 1 aromatic heterocycles. The highest BCUT2D eigenvalue weighted by Crippen LogP contribution is 2.27. The van der Waals surface area contributed by atoms with Gasteiger partial charge in [-0.25, -0.2) is 4.98 Å². The van der Waals surface area contributed by atoms with Crippen LogP contribution >= 0.6 is 22.9 Å². The molecule has 0 unspecified atom stereocenters. The van der Waals surface area contributed by atoms with Crippen LogP contribution in [0.3, 0.4) is 0 Å². The molecule has 0 fully saturated rings. The Hall–Kier alpha value is -2.89. The number of aromatic hydroxyl groups is 1. The fourth-order valence-electron chi connectivity index (χ4n) is 2.65. The predicted octanol–water partition coefficient (Wildman–Crippen LogP) is 5.77. The minimum Gasteiger partial charge on any atom is -0.507 e. The van der Waals surface area contributed by atoms with Crippen LogP contribution in [-0.2, 0) is 0 Å². The van der Waals surface area contributed by atoms with Crippen LogP contribution in [-0.4, -0.2) is 16.3 Å². The van der Waals surface area contributed by atoms with E-state index in [9.17, 15) is 5.11 Å². The second-order valence-corrected chi connectivity index (χ2v) is 6.93. The first-order valence-electron chi connectivity index (χ1n) is 7.92. The molecule has 0 saturated carbocycles. The maximum Gasteiger partial charge on any atom is 0.203 e. The lowest BCUT2D eigenvalue weighted by Crippen LogP contribution is -1.92. The predicted molar refractivity (Wildman–Crippen MR) is 109 cm³/mol. The zero-order valence-corrected chi connectivity index (χ0v) is 15.1. The molecule has 1 heterocycles. The molecule has 0 bridgehead atoms. The van der Waals surface area contributed by atoms with Gasteiger partial charge in [-0.1, -0.05) is 54.1 Å². The molecule has 26 heavy (non-hydrogen) atoms. The highest BCUT2D eigenvalue weighted by molar-refractivity contribution is 7.14. The number of nitrogens with one attached hydrogen (secondary N) is 1. The average molecular weight is 380 g/mol. The molecular weight excluding hydrogens is 366 g/mol. The van der Waals surface area contributed by atoms with Gasteiger partial charge in [-0.3, -0.25) is 5.43 Å². The summed E-state index contributed by atoms with van der Waals surface area (Å²) in [6.07, 6.45) is 1.61. The first kappa shape index (κ1) is 16.6. The van der Waals surface area contributed by atoms with E-state index in [0.29, 0.717) is 15.7 Å². The Labute approximate surface area is 159 Å². The standard InChI is InChI=1S/C20H14ClN3OS/c21-15-8-5-14(6-9-15)18-12-26-20(23-18)24-22-11-17-16-4-2-1-3-13(16)7-10-19(17)25/h1-12,25H,(H,23,24)/b22-11-. The highest BCUT2D eigenvalue weighted by atomic mass is 35.5. The van der Waals surface area contributed by atoms with E-state index < -0.39 is 0 Å². The monoisotopic (exact) mass is 379 g/mol. The van der Waals surface area contributed by atoms with Gasteiger partial charge in [0.2, 0.25) is 5.13 Å². The lowest BCUT2D eigenvalue weighted by molar-refractivity contribution is 0.475. The molecule has 0 spiro atoms. The quantitative estimate of drug-likeness (QED) is 0.349. The van der Waals surface area contributed by atoms with Gasteiger partial charge in [-0.15, -0.1) is 11.3 Å². The Bertz CT molecular complexity index is 1090. The minimum absolute atomic E-state index is 0.190. The molecule has 0 saturated heterocycles. The van der Waals surface area contributed by atoms with E-state index >= 15 is 0 Å². The number of hydrogen-bond acceptors (Lipinski definition) is 5. The molecule has 0 aliphatic rings. The van der Waals surface area contributed by atoms with Gasteiger partial charge in [-0.05, 0) is 29.0 Å². The summed E-state index contributed by atoms with van der Waals surface area (Å²) in [6, 6.07) is 18.9. The summed E-state index contributed by atoms with van der Waals surface area (Å²) in [6.45, 7) is 0. The number of benzene rings is 3. The number of phenols is 1. The Balaban J connectivity index is 1.55. The molecule has 0 aliphatic carbocycles. The number of nitrogens with zero attached hydrogens (tertiary/aromatic N) is 2. The molecule has 0 atom stereocenters. The van der Waals surface area contributed by atoms with Crippen molar-refractivity contribution >= 4 is 45.1 Å². The second-order valence-electron chi connectivity index (χ2n) is 5.63. The number of phenolic OH excluding ortho intramolecular Hbond substituents is 1. The van der Waals surface area contributed by atoms with E-state index in [1.54, 1.807) is 12.3 Å². The second kappa shape index (κ2) is 7.15. The van der Waals surface area contributed by atoms with Gasteiger partial charge in [-0.2, -0.15) is 5.10 Å². The van der Waals surface area contributed by atoms with Crippen molar-refractivity contribution in [2.45, 2.75) is 0 Å². The van der Waals surface area contributed by atoms with Crippen LogP contribution in [0.15, 0.2) is 71.1 Å². The van der Waals surface area contributed by atoms with Crippen molar-refractivity contribution in [3.05, 3.63) is 76.6 Å². The van der Waals surface area contributed by atoms with E-state index in [1.165, 1.54) is 11.3 Å². The molecule has 0 amide bonds. The number of halogens is 1. The average Bonchev–Trinajstić information content (AvgIpc) is 3.13. The van der Waals surface area contributed by atoms with Crippen molar-refractivity contribution in [3.8, 4) is 17.0 Å². The molecule has 4 nitrogen and oxygen atoms in total. The zero-order valence-electron chi connectivity index (χ0n) is 13.6. The van der Waals surface area contributed by atoms with Gasteiger partial charge in [0.15, 0.2) is 0 Å².